The van der Waals surface area contributed by atoms with Crippen molar-refractivity contribution in [2.75, 3.05) is 13.7 Å². The normalized spacial score (nSPS) is 22.9. The van der Waals surface area contributed by atoms with Crippen molar-refractivity contribution >= 4 is 11.9 Å². The second-order valence-corrected chi connectivity index (χ2v) is 5.68. The first-order chi connectivity index (χ1) is 8.68. The van der Waals surface area contributed by atoms with E-state index in [-0.39, 0.29) is 17.8 Å². The SMILES string of the molecule is COC(=O)C1(CNC(=O)C2CCC2)CCCCC1. The van der Waals surface area contributed by atoms with E-state index in [1.54, 1.807) is 0 Å². The first kappa shape index (κ1) is 13.4. The Kier molecular flexibility index (Phi) is 4.25. The number of methoxy groups -OCH3 is 1. The molecule has 0 saturated heterocycles. The summed E-state index contributed by atoms with van der Waals surface area (Å²) >= 11 is 0. The Morgan fingerprint density at radius 2 is 1.83 bits per heavy atom. The maximum Gasteiger partial charge on any atom is 0.313 e. The summed E-state index contributed by atoms with van der Waals surface area (Å²) in [5.74, 6) is 0.148. The molecule has 0 heterocycles. The Labute approximate surface area is 108 Å². The molecule has 2 aliphatic carbocycles. The van der Waals surface area contributed by atoms with Crippen LogP contribution in [0.5, 0.6) is 0 Å². The predicted octanol–water partition coefficient (Wildman–Crippen LogP) is 2.03. The number of carbonyl (C=O) groups excluding carboxylic acids is 2. The minimum absolute atomic E-state index is 0.120. The van der Waals surface area contributed by atoms with Crippen molar-refractivity contribution in [1.29, 1.82) is 0 Å². The van der Waals surface area contributed by atoms with Gasteiger partial charge in [-0.15, -0.1) is 0 Å². The molecule has 0 radical (unpaired) electrons. The molecule has 1 N–H and O–H groups in total. The highest BCUT2D eigenvalue weighted by atomic mass is 16.5. The van der Waals surface area contributed by atoms with Crippen molar-refractivity contribution < 1.29 is 14.3 Å². The van der Waals surface area contributed by atoms with E-state index >= 15 is 0 Å². The molecule has 4 nitrogen and oxygen atoms in total. The van der Waals surface area contributed by atoms with Gasteiger partial charge in [0.2, 0.25) is 5.91 Å². The van der Waals surface area contributed by atoms with Gasteiger partial charge in [0, 0.05) is 12.5 Å². The lowest BCUT2D eigenvalue weighted by molar-refractivity contribution is -0.155. The van der Waals surface area contributed by atoms with Crippen LogP contribution >= 0.6 is 0 Å². The smallest absolute Gasteiger partial charge is 0.313 e. The van der Waals surface area contributed by atoms with Crippen LogP contribution in [-0.2, 0) is 14.3 Å². The lowest BCUT2D eigenvalue weighted by Crippen LogP contribution is -2.47. The molecule has 1 amide bonds. The van der Waals surface area contributed by atoms with Crippen molar-refractivity contribution in [2.45, 2.75) is 51.4 Å². The number of amides is 1. The minimum Gasteiger partial charge on any atom is -0.469 e. The van der Waals surface area contributed by atoms with Gasteiger partial charge in [-0.3, -0.25) is 9.59 Å². The molecule has 0 spiro atoms. The van der Waals surface area contributed by atoms with Crippen LogP contribution < -0.4 is 5.32 Å². The average Bonchev–Trinajstić information content (AvgIpc) is 2.34. The van der Waals surface area contributed by atoms with Crippen LogP contribution in [0.1, 0.15) is 51.4 Å². The number of ether oxygens (including phenoxy) is 1. The number of carbonyl (C=O) groups is 2. The highest BCUT2D eigenvalue weighted by Gasteiger charge is 2.41. The molecule has 0 aliphatic heterocycles. The van der Waals surface area contributed by atoms with E-state index < -0.39 is 5.41 Å². The Hall–Kier alpha value is -1.06. The molecule has 2 aliphatic rings. The van der Waals surface area contributed by atoms with Gasteiger partial charge in [0.25, 0.3) is 0 Å². The maximum absolute atomic E-state index is 12.0. The van der Waals surface area contributed by atoms with Crippen LogP contribution in [0.3, 0.4) is 0 Å². The van der Waals surface area contributed by atoms with Crippen molar-refractivity contribution in [3.63, 3.8) is 0 Å². The summed E-state index contributed by atoms with van der Waals surface area (Å²) in [6, 6.07) is 0. The zero-order chi connectivity index (χ0) is 13.0. The second-order valence-electron chi connectivity index (χ2n) is 5.68. The van der Waals surface area contributed by atoms with Crippen molar-refractivity contribution in [3.8, 4) is 0 Å². The van der Waals surface area contributed by atoms with Gasteiger partial charge in [0.1, 0.15) is 0 Å². The van der Waals surface area contributed by atoms with Gasteiger partial charge < -0.3 is 10.1 Å². The van der Waals surface area contributed by atoms with Crippen LogP contribution in [-0.4, -0.2) is 25.5 Å². The molecule has 102 valence electrons. The number of rotatable bonds is 4. The Morgan fingerprint density at radius 1 is 1.17 bits per heavy atom. The molecular weight excluding hydrogens is 230 g/mol. The van der Waals surface area contributed by atoms with E-state index in [2.05, 4.69) is 5.32 Å². The summed E-state index contributed by atoms with van der Waals surface area (Å²) < 4.78 is 4.94. The summed E-state index contributed by atoms with van der Waals surface area (Å²) in [6.45, 7) is 0.453. The number of esters is 1. The van der Waals surface area contributed by atoms with E-state index in [1.807, 2.05) is 0 Å². The van der Waals surface area contributed by atoms with Gasteiger partial charge in [0.15, 0.2) is 0 Å². The zero-order valence-electron chi connectivity index (χ0n) is 11.2. The van der Waals surface area contributed by atoms with Crippen LogP contribution in [0, 0.1) is 11.3 Å². The Balaban J connectivity index is 1.92. The van der Waals surface area contributed by atoms with Crippen LogP contribution in [0.4, 0.5) is 0 Å². The van der Waals surface area contributed by atoms with Crippen molar-refractivity contribution in [3.05, 3.63) is 0 Å². The second kappa shape index (κ2) is 5.72. The predicted molar refractivity (Wildman–Crippen MR) is 67.9 cm³/mol. The highest BCUT2D eigenvalue weighted by molar-refractivity contribution is 5.81. The summed E-state index contributed by atoms with van der Waals surface area (Å²) in [5.41, 5.74) is -0.466. The van der Waals surface area contributed by atoms with Crippen molar-refractivity contribution in [2.24, 2.45) is 11.3 Å². The highest BCUT2D eigenvalue weighted by Crippen LogP contribution is 2.37. The molecule has 0 atom stereocenters. The first-order valence-electron chi connectivity index (χ1n) is 7.04. The summed E-state index contributed by atoms with van der Waals surface area (Å²) in [6.07, 6.45) is 8.10. The van der Waals surface area contributed by atoms with Crippen LogP contribution in [0.2, 0.25) is 0 Å². The Bertz CT molecular complexity index is 317. The average molecular weight is 253 g/mol. The van der Waals surface area contributed by atoms with Gasteiger partial charge in [-0.2, -0.15) is 0 Å². The molecule has 0 aromatic heterocycles. The third kappa shape index (κ3) is 2.68. The first-order valence-corrected chi connectivity index (χ1v) is 7.04. The molecule has 0 aromatic carbocycles. The molecule has 2 rings (SSSR count). The van der Waals surface area contributed by atoms with E-state index in [4.69, 9.17) is 4.74 Å². The van der Waals surface area contributed by atoms with E-state index in [1.165, 1.54) is 13.5 Å². The van der Waals surface area contributed by atoms with Gasteiger partial charge in [-0.1, -0.05) is 25.7 Å². The van der Waals surface area contributed by atoms with E-state index in [9.17, 15) is 9.59 Å². The maximum atomic E-state index is 12.0. The molecule has 0 bridgehead atoms. The fourth-order valence-electron chi connectivity index (χ4n) is 2.97. The van der Waals surface area contributed by atoms with Gasteiger partial charge >= 0.3 is 5.97 Å². The van der Waals surface area contributed by atoms with Crippen LogP contribution in [0.25, 0.3) is 0 Å². The Morgan fingerprint density at radius 3 is 2.33 bits per heavy atom. The van der Waals surface area contributed by atoms with Gasteiger partial charge in [-0.25, -0.2) is 0 Å². The van der Waals surface area contributed by atoms with E-state index in [0.717, 1.165) is 44.9 Å². The largest absolute Gasteiger partial charge is 0.469 e. The molecule has 2 fully saturated rings. The summed E-state index contributed by atoms with van der Waals surface area (Å²) in [5, 5.41) is 2.97. The zero-order valence-corrected chi connectivity index (χ0v) is 11.2. The topological polar surface area (TPSA) is 55.4 Å². The number of hydrogen-bond donors (Lipinski definition) is 1. The monoisotopic (exact) mass is 253 g/mol. The fourth-order valence-corrected chi connectivity index (χ4v) is 2.97. The summed E-state index contributed by atoms with van der Waals surface area (Å²) in [7, 11) is 1.44. The quantitative estimate of drug-likeness (QED) is 0.780. The van der Waals surface area contributed by atoms with Crippen LogP contribution in [0.15, 0.2) is 0 Å². The molecule has 0 aromatic rings. The third-order valence-corrected chi connectivity index (χ3v) is 4.51. The molecule has 0 unspecified atom stereocenters. The fraction of sp³-hybridized carbons (Fsp3) is 0.857. The van der Waals surface area contributed by atoms with E-state index in [0.29, 0.717) is 6.54 Å². The third-order valence-electron chi connectivity index (χ3n) is 4.51. The standard InChI is InChI=1S/C14H23NO3/c1-18-13(17)14(8-3-2-4-9-14)10-15-12(16)11-6-5-7-11/h11H,2-10H2,1H3,(H,15,16). The minimum atomic E-state index is -0.466. The van der Waals surface area contributed by atoms with Gasteiger partial charge in [0.05, 0.1) is 12.5 Å². The molecule has 2 saturated carbocycles. The molecule has 4 heteroatoms. The number of nitrogens with one attached hydrogen (secondary N) is 1. The van der Waals surface area contributed by atoms with Gasteiger partial charge in [-0.05, 0) is 25.7 Å². The lowest BCUT2D eigenvalue weighted by Gasteiger charge is -2.35. The van der Waals surface area contributed by atoms with Crippen molar-refractivity contribution in [1.82, 2.24) is 5.32 Å². The summed E-state index contributed by atoms with van der Waals surface area (Å²) in [4.78, 5) is 23.8. The lowest BCUT2D eigenvalue weighted by atomic mass is 9.73. The number of hydrogen-bond acceptors (Lipinski definition) is 3. The molecular formula is C14H23NO3. The molecule has 18 heavy (non-hydrogen) atoms.